The van der Waals surface area contributed by atoms with Crippen LogP contribution in [-0.2, 0) is 4.79 Å². The highest BCUT2D eigenvalue weighted by Gasteiger charge is 2.29. The number of aryl methyl sites for hydroxylation is 1. The third kappa shape index (κ3) is 3.62. The van der Waals surface area contributed by atoms with Crippen LogP contribution >= 0.6 is 0 Å². The predicted molar refractivity (Wildman–Crippen MR) is 94.8 cm³/mol. The van der Waals surface area contributed by atoms with E-state index in [0.29, 0.717) is 5.70 Å². The minimum atomic E-state index is 0.0822. The highest BCUT2D eigenvalue weighted by Crippen LogP contribution is 2.28. The molecule has 1 amide bonds. The van der Waals surface area contributed by atoms with Gasteiger partial charge in [0.15, 0.2) is 0 Å². The van der Waals surface area contributed by atoms with Crippen LogP contribution in [0.25, 0.3) is 23.4 Å². The van der Waals surface area contributed by atoms with Gasteiger partial charge in [0.2, 0.25) is 5.91 Å². The molecule has 2 N–H and O–H groups in total. The van der Waals surface area contributed by atoms with Crippen molar-refractivity contribution in [1.82, 2.24) is 10.3 Å². The Morgan fingerprint density at radius 1 is 1.35 bits per heavy atom. The summed E-state index contributed by atoms with van der Waals surface area (Å²) in [5.74, 6) is 0.266. The predicted octanol–water partition coefficient (Wildman–Crippen LogP) is 2.61. The Kier molecular flexibility index (Phi) is 4.20. The Labute approximate surface area is 136 Å². The number of nitrogens with one attached hydrogen (secondary N) is 2. The third-order valence-electron chi connectivity index (χ3n) is 4.07. The van der Waals surface area contributed by atoms with Crippen molar-refractivity contribution in [2.75, 3.05) is 0 Å². The zero-order chi connectivity index (χ0) is 16.4. The summed E-state index contributed by atoms with van der Waals surface area (Å²) in [6, 6.07) is 10.5. The summed E-state index contributed by atoms with van der Waals surface area (Å²) in [5, 5.41) is 4.94. The number of carbonyl (C=O) groups excluding carboxylic acids is 1. The molecule has 1 aliphatic carbocycles. The standard InChI is InChI=1S/C20H22N2O/c1-4-15-12-19(17-7-5-6-13(2)10-17)22-18(15)11-14(3)21-20(23)16-8-9-16/h4-7,10-12,16,22H,3,8-9H2,1-2H3,(H,21,23)/b15-4-,18-11+. The minimum absolute atomic E-state index is 0.0822. The number of amides is 1. The number of allylic oxidation sites excluding steroid dienone is 1. The summed E-state index contributed by atoms with van der Waals surface area (Å²) in [7, 11) is 0. The smallest absolute Gasteiger partial charge is 0.227 e. The van der Waals surface area contributed by atoms with Gasteiger partial charge in [0, 0.05) is 22.7 Å². The molecule has 0 bridgehead atoms. The zero-order valence-electron chi connectivity index (χ0n) is 13.6. The maximum Gasteiger partial charge on any atom is 0.227 e. The third-order valence-corrected chi connectivity index (χ3v) is 4.07. The summed E-state index contributed by atoms with van der Waals surface area (Å²) in [5.41, 5.74) is 4.07. The molecule has 3 rings (SSSR count). The van der Waals surface area contributed by atoms with Crippen molar-refractivity contribution in [3.05, 3.63) is 58.7 Å². The second-order valence-electron chi connectivity index (χ2n) is 6.14. The van der Waals surface area contributed by atoms with Crippen molar-refractivity contribution in [1.29, 1.82) is 0 Å². The lowest BCUT2D eigenvalue weighted by atomic mass is 10.1. The van der Waals surface area contributed by atoms with Gasteiger partial charge < -0.3 is 10.3 Å². The van der Waals surface area contributed by atoms with Crippen molar-refractivity contribution in [3.8, 4) is 11.3 Å². The van der Waals surface area contributed by atoms with E-state index in [1.54, 1.807) is 0 Å². The Morgan fingerprint density at radius 3 is 2.78 bits per heavy atom. The van der Waals surface area contributed by atoms with E-state index in [4.69, 9.17) is 0 Å². The molecule has 2 aromatic rings. The molecule has 1 saturated carbocycles. The largest absolute Gasteiger partial charge is 0.354 e. The van der Waals surface area contributed by atoms with Gasteiger partial charge >= 0.3 is 0 Å². The molecular weight excluding hydrogens is 284 g/mol. The normalized spacial score (nSPS) is 15.7. The maximum atomic E-state index is 11.8. The fourth-order valence-electron chi connectivity index (χ4n) is 2.63. The van der Waals surface area contributed by atoms with E-state index in [-0.39, 0.29) is 11.8 Å². The van der Waals surface area contributed by atoms with Crippen molar-refractivity contribution < 1.29 is 4.79 Å². The van der Waals surface area contributed by atoms with Crippen LogP contribution in [0.5, 0.6) is 0 Å². The van der Waals surface area contributed by atoms with Gasteiger partial charge in [-0.05, 0) is 55.7 Å². The van der Waals surface area contributed by atoms with E-state index in [9.17, 15) is 4.79 Å². The van der Waals surface area contributed by atoms with Gasteiger partial charge in [-0.25, -0.2) is 0 Å². The highest BCUT2D eigenvalue weighted by molar-refractivity contribution is 5.83. The van der Waals surface area contributed by atoms with Gasteiger partial charge in [0.1, 0.15) is 0 Å². The first kappa shape index (κ1) is 15.3. The highest BCUT2D eigenvalue weighted by atomic mass is 16.2. The van der Waals surface area contributed by atoms with Crippen LogP contribution in [0.3, 0.4) is 0 Å². The van der Waals surface area contributed by atoms with Crippen LogP contribution in [0.15, 0.2) is 42.6 Å². The average Bonchev–Trinajstić information content (AvgIpc) is 3.29. The van der Waals surface area contributed by atoms with E-state index in [2.05, 4.69) is 60.2 Å². The lowest BCUT2D eigenvalue weighted by molar-refractivity contribution is -0.121. The molecule has 1 aliphatic rings. The summed E-state index contributed by atoms with van der Waals surface area (Å²) in [6.45, 7) is 8.04. The number of hydrogen-bond acceptors (Lipinski definition) is 1. The fourth-order valence-corrected chi connectivity index (χ4v) is 2.63. The molecule has 0 radical (unpaired) electrons. The van der Waals surface area contributed by atoms with Crippen molar-refractivity contribution in [2.24, 2.45) is 5.92 Å². The first-order chi connectivity index (χ1) is 11.1. The molecule has 1 aromatic carbocycles. The van der Waals surface area contributed by atoms with Crippen molar-refractivity contribution in [3.63, 3.8) is 0 Å². The first-order valence-corrected chi connectivity index (χ1v) is 8.00. The maximum absolute atomic E-state index is 11.8. The summed E-state index contributed by atoms with van der Waals surface area (Å²) >= 11 is 0. The zero-order valence-corrected chi connectivity index (χ0v) is 13.6. The molecule has 23 heavy (non-hydrogen) atoms. The van der Waals surface area contributed by atoms with E-state index in [1.807, 2.05) is 13.0 Å². The molecule has 3 heteroatoms. The van der Waals surface area contributed by atoms with E-state index < -0.39 is 0 Å². The molecule has 0 aliphatic heterocycles. The molecule has 1 fully saturated rings. The Balaban J connectivity index is 1.91. The topological polar surface area (TPSA) is 44.9 Å². The number of benzene rings is 1. The molecule has 118 valence electrons. The lowest BCUT2D eigenvalue weighted by Crippen LogP contribution is -2.27. The van der Waals surface area contributed by atoms with Gasteiger partial charge in [0.25, 0.3) is 0 Å². The van der Waals surface area contributed by atoms with Crippen LogP contribution in [0.2, 0.25) is 0 Å². The molecule has 0 atom stereocenters. The molecular formula is C20H22N2O. The number of carbonyl (C=O) groups is 1. The van der Waals surface area contributed by atoms with Crippen molar-refractivity contribution in [2.45, 2.75) is 26.7 Å². The first-order valence-electron chi connectivity index (χ1n) is 8.00. The van der Waals surface area contributed by atoms with E-state index in [0.717, 1.165) is 34.7 Å². The molecule has 0 saturated heterocycles. The molecule has 0 unspecified atom stereocenters. The number of H-pyrrole nitrogens is 1. The van der Waals surface area contributed by atoms with Crippen LogP contribution in [-0.4, -0.2) is 10.9 Å². The quantitative estimate of drug-likeness (QED) is 0.896. The second kappa shape index (κ2) is 6.29. The second-order valence-corrected chi connectivity index (χ2v) is 6.14. The number of rotatable bonds is 4. The van der Waals surface area contributed by atoms with Gasteiger partial charge in [-0.1, -0.05) is 36.4 Å². The van der Waals surface area contributed by atoms with Crippen molar-refractivity contribution >= 4 is 18.1 Å². The average molecular weight is 306 g/mol. The van der Waals surface area contributed by atoms with Crippen LogP contribution in [0, 0.1) is 12.8 Å². The van der Waals surface area contributed by atoms with Crippen LogP contribution in [0.1, 0.15) is 25.3 Å². The number of hydrogen-bond donors (Lipinski definition) is 2. The number of aromatic nitrogens is 1. The minimum Gasteiger partial charge on any atom is -0.354 e. The summed E-state index contributed by atoms with van der Waals surface area (Å²) in [6.07, 6.45) is 5.94. The summed E-state index contributed by atoms with van der Waals surface area (Å²) < 4.78 is 0. The van der Waals surface area contributed by atoms with Crippen LogP contribution in [0.4, 0.5) is 0 Å². The number of aromatic amines is 1. The molecule has 3 nitrogen and oxygen atoms in total. The Hall–Kier alpha value is -2.55. The fraction of sp³-hybridized carbons (Fsp3) is 0.250. The molecule has 1 heterocycles. The Morgan fingerprint density at radius 2 is 2.13 bits per heavy atom. The summed E-state index contributed by atoms with van der Waals surface area (Å²) in [4.78, 5) is 15.2. The van der Waals surface area contributed by atoms with E-state index in [1.165, 1.54) is 5.56 Å². The molecule has 0 spiro atoms. The Bertz CT molecular complexity index is 869. The van der Waals surface area contributed by atoms with E-state index >= 15 is 0 Å². The van der Waals surface area contributed by atoms with Gasteiger partial charge in [0.05, 0.1) is 0 Å². The lowest BCUT2D eigenvalue weighted by Gasteiger charge is -2.02. The van der Waals surface area contributed by atoms with Gasteiger partial charge in [-0.3, -0.25) is 4.79 Å². The van der Waals surface area contributed by atoms with Gasteiger partial charge in [-0.2, -0.15) is 0 Å². The van der Waals surface area contributed by atoms with Crippen LogP contribution < -0.4 is 15.9 Å². The monoisotopic (exact) mass is 306 g/mol. The molecule has 1 aromatic heterocycles. The van der Waals surface area contributed by atoms with Gasteiger partial charge in [-0.15, -0.1) is 0 Å². The SMILES string of the molecule is C=C(/C=c1/[nH]c(-c2cccc(C)c2)c/c1=C/C)NC(=O)C1CC1.